The molecular formula is C17H18N2O2. The number of benzene rings is 2. The minimum Gasteiger partial charge on any atom is -0.489 e. The molecule has 0 aliphatic heterocycles. The van der Waals surface area contributed by atoms with Gasteiger partial charge in [0.05, 0.1) is 0 Å². The Balaban J connectivity index is 2.02. The zero-order valence-electron chi connectivity index (χ0n) is 11.7. The molecule has 3 N–H and O–H groups in total. The minimum atomic E-state index is -0.426. The molecule has 2 rings (SSSR count). The van der Waals surface area contributed by atoms with Gasteiger partial charge in [0.2, 0.25) is 5.91 Å². The zero-order chi connectivity index (χ0) is 15.1. The van der Waals surface area contributed by atoms with Crippen molar-refractivity contribution in [3.05, 3.63) is 72.3 Å². The van der Waals surface area contributed by atoms with Crippen molar-refractivity contribution in [3.63, 3.8) is 0 Å². The first kappa shape index (κ1) is 14.7. The Bertz CT molecular complexity index is 621. The molecule has 0 aromatic heterocycles. The van der Waals surface area contributed by atoms with Gasteiger partial charge in [0.1, 0.15) is 12.4 Å². The lowest BCUT2D eigenvalue weighted by molar-refractivity contribution is 0.100. The van der Waals surface area contributed by atoms with E-state index in [1.807, 2.05) is 36.4 Å². The molecule has 2 aromatic rings. The Kier molecular flexibility index (Phi) is 4.99. The molecule has 0 saturated carbocycles. The molecule has 108 valence electrons. The zero-order valence-corrected chi connectivity index (χ0v) is 11.7. The number of carbonyl (C=O) groups excluding carboxylic acids is 1. The number of para-hydroxylation sites is 1. The third kappa shape index (κ3) is 4.11. The predicted octanol–water partition coefficient (Wildman–Crippen LogP) is 2.96. The highest BCUT2D eigenvalue weighted by molar-refractivity contribution is 5.93. The fraction of sp³-hybridized carbons (Fsp3) is 0.118. The monoisotopic (exact) mass is 282 g/mol. The fourth-order valence-corrected chi connectivity index (χ4v) is 1.89. The average molecular weight is 282 g/mol. The molecule has 4 nitrogen and oxygen atoms in total. The summed E-state index contributed by atoms with van der Waals surface area (Å²) < 4.78 is 5.61. The molecule has 0 radical (unpaired) electrons. The second-order valence-corrected chi connectivity index (χ2v) is 4.50. The van der Waals surface area contributed by atoms with Crippen LogP contribution in [0.15, 0.2) is 61.2 Å². The normalized spacial score (nSPS) is 9.90. The topological polar surface area (TPSA) is 64.3 Å². The molecule has 4 heteroatoms. The van der Waals surface area contributed by atoms with Gasteiger partial charge >= 0.3 is 0 Å². The number of nitrogens with two attached hydrogens (primary N) is 1. The van der Waals surface area contributed by atoms with E-state index in [-0.39, 0.29) is 0 Å². The van der Waals surface area contributed by atoms with Gasteiger partial charge in [-0.2, -0.15) is 0 Å². The summed E-state index contributed by atoms with van der Waals surface area (Å²) in [6, 6.07) is 14.9. The van der Waals surface area contributed by atoms with Gasteiger partial charge in [-0.1, -0.05) is 30.9 Å². The molecule has 0 aliphatic rings. The number of primary amides is 1. The molecule has 0 heterocycles. The van der Waals surface area contributed by atoms with Crippen molar-refractivity contribution in [2.24, 2.45) is 5.73 Å². The highest BCUT2D eigenvalue weighted by Crippen LogP contribution is 2.19. The van der Waals surface area contributed by atoms with Crippen LogP contribution in [0.5, 0.6) is 5.75 Å². The van der Waals surface area contributed by atoms with Crippen molar-refractivity contribution in [1.82, 2.24) is 0 Å². The van der Waals surface area contributed by atoms with Crippen LogP contribution >= 0.6 is 0 Å². The first-order valence-electron chi connectivity index (χ1n) is 6.66. The Labute approximate surface area is 124 Å². The molecule has 0 atom stereocenters. The van der Waals surface area contributed by atoms with Crippen molar-refractivity contribution in [2.75, 3.05) is 11.9 Å². The lowest BCUT2D eigenvalue weighted by atomic mass is 10.1. The van der Waals surface area contributed by atoms with Gasteiger partial charge in [-0.15, -0.1) is 0 Å². The number of amides is 1. The number of anilines is 1. The number of hydrogen-bond donors (Lipinski definition) is 2. The number of ether oxygens (including phenoxy) is 1. The van der Waals surface area contributed by atoms with Crippen molar-refractivity contribution in [2.45, 2.75) is 6.54 Å². The van der Waals surface area contributed by atoms with E-state index in [1.54, 1.807) is 18.2 Å². The Morgan fingerprint density at radius 3 is 2.57 bits per heavy atom. The summed E-state index contributed by atoms with van der Waals surface area (Å²) in [4.78, 5) is 11.0. The van der Waals surface area contributed by atoms with Crippen molar-refractivity contribution >= 4 is 11.6 Å². The number of carbonyl (C=O) groups is 1. The fourth-order valence-electron chi connectivity index (χ4n) is 1.89. The van der Waals surface area contributed by atoms with Gasteiger partial charge in [-0.3, -0.25) is 4.79 Å². The van der Waals surface area contributed by atoms with Crippen LogP contribution in [0.25, 0.3) is 0 Å². The van der Waals surface area contributed by atoms with Crippen molar-refractivity contribution < 1.29 is 9.53 Å². The quantitative estimate of drug-likeness (QED) is 0.767. The summed E-state index contributed by atoms with van der Waals surface area (Å²) in [5.74, 6) is 0.406. The van der Waals surface area contributed by atoms with Crippen LogP contribution in [0, 0.1) is 0 Å². The lowest BCUT2D eigenvalue weighted by Gasteiger charge is -2.12. The molecular weight excluding hydrogens is 264 g/mol. The minimum absolute atomic E-state index is 0.426. The summed E-state index contributed by atoms with van der Waals surface area (Å²) in [6.07, 6.45) is 1.72. The van der Waals surface area contributed by atoms with Crippen LogP contribution in [0.3, 0.4) is 0 Å². The molecule has 1 amide bonds. The van der Waals surface area contributed by atoms with Gasteiger partial charge in [0.15, 0.2) is 0 Å². The van der Waals surface area contributed by atoms with E-state index in [4.69, 9.17) is 10.5 Å². The number of rotatable bonds is 7. The third-order valence-electron chi connectivity index (χ3n) is 2.98. The van der Waals surface area contributed by atoms with E-state index in [0.29, 0.717) is 18.7 Å². The van der Waals surface area contributed by atoms with Gasteiger partial charge in [0.25, 0.3) is 0 Å². The second kappa shape index (κ2) is 7.14. The Morgan fingerprint density at radius 1 is 1.19 bits per heavy atom. The molecule has 0 unspecified atom stereocenters. The Hall–Kier alpha value is -2.75. The van der Waals surface area contributed by atoms with Crippen LogP contribution < -0.4 is 15.8 Å². The third-order valence-corrected chi connectivity index (χ3v) is 2.98. The SMILES string of the molecule is C=CCOc1ccccc1CNc1ccc(C(N)=O)cc1. The van der Waals surface area contributed by atoms with Gasteiger partial charge in [-0.05, 0) is 30.3 Å². The maximum absolute atomic E-state index is 11.0. The molecule has 21 heavy (non-hydrogen) atoms. The molecule has 2 aromatic carbocycles. The standard InChI is InChI=1S/C17H18N2O2/c1-2-11-21-16-6-4-3-5-14(16)12-19-15-9-7-13(8-10-15)17(18)20/h2-10,19H,1,11-12H2,(H2,18,20). The predicted molar refractivity (Wildman–Crippen MR) is 84.4 cm³/mol. The maximum atomic E-state index is 11.0. The van der Waals surface area contributed by atoms with Crippen LogP contribution in [0.1, 0.15) is 15.9 Å². The highest BCUT2D eigenvalue weighted by Gasteiger charge is 2.03. The van der Waals surface area contributed by atoms with E-state index in [1.165, 1.54) is 0 Å². The lowest BCUT2D eigenvalue weighted by Crippen LogP contribution is -2.10. The van der Waals surface area contributed by atoms with Gasteiger partial charge < -0.3 is 15.8 Å². The summed E-state index contributed by atoms with van der Waals surface area (Å²) in [6.45, 7) is 4.75. The number of hydrogen-bond acceptors (Lipinski definition) is 3. The molecule has 0 aliphatic carbocycles. The van der Waals surface area contributed by atoms with Crippen molar-refractivity contribution in [1.29, 1.82) is 0 Å². The van der Waals surface area contributed by atoms with E-state index in [0.717, 1.165) is 17.0 Å². The summed E-state index contributed by atoms with van der Waals surface area (Å²) in [5, 5.41) is 3.29. The van der Waals surface area contributed by atoms with Crippen molar-refractivity contribution in [3.8, 4) is 5.75 Å². The maximum Gasteiger partial charge on any atom is 0.248 e. The van der Waals surface area contributed by atoms with E-state index in [2.05, 4.69) is 11.9 Å². The summed E-state index contributed by atoms with van der Waals surface area (Å²) in [7, 11) is 0. The van der Waals surface area contributed by atoms with Crippen LogP contribution in [-0.2, 0) is 6.54 Å². The van der Waals surface area contributed by atoms with Crippen LogP contribution in [0.2, 0.25) is 0 Å². The summed E-state index contributed by atoms with van der Waals surface area (Å²) >= 11 is 0. The molecule has 0 fully saturated rings. The van der Waals surface area contributed by atoms with Crippen LogP contribution in [0.4, 0.5) is 5.69 Å². The van der Waals surface area contributed by atoms with Gasteiger partial charge in [-0.25, -0.2) is 0 Å². The highest BCUT2D eigenvalue weighted by atomic mass is 16.5. The largest absolute Gasteiger partial charge is 0.489 e. The first-order valence-corrected chi connectivity index (χ1v) is 6.66. The Morgan fingerprint density at radius 2 is 1.90 bits per heavy atom. The van der Waals surface area contributed by atoms with Gasteiger partial charge in [0, 0.05) is 23.4 Å². The first-order chi connectivity index (χ1) is 10.2. The van der Waals surface area contributed by atoms with E-state index >= 15 is 0 Å². The second-order valence-electron chi connectivity index (χ2n) is 4.50. The van der Waals surface area contributed by atoms with E-state index in [9.17, 15) is 4.79 Å². The number of nitrogens with one attached hydrogen (secondary N) is 1. The van der Waals surface area contributed by atoms with E-state index < -0.39 is 5.91 Å². The van der Waals surface area contributed by atoms with Crippen LogP contribution in [-0.4, -0.2) is 12.5 Å². The molecule has 0 bridgehead atoms. The summed E-state index contributed by atoms with van der Waals surface area (Å²) in [5.41, 5.74) is 7.68. The average Bonchev–Trinajstić information content (AvgIpc) is 2.52. The smallest absolute Gasteiger partial charge is 0.248 e. The molecule has 0 saturated heterocycles. The molecule has 0 spiro atoms.